The van der Waals surface area contributed by atoms with Gasteiger partial charge in [0.15, 0.2) is 0 Å². The van der Waals surface area contributed by atoms with Gasteiger partial charge in [0.1, 0.15) is 0 Å². The highest BCUT2D eigenvalue weighted by molar-refractivity contribution is 5.78. The quantitative estimate of drug-likeness (QED) is 0.619. The molecule has 78 valence electrons. The van der Waals surface area contributed by atoms with Crippen molar-refractivity contribution >= 4 is 5.91 Å². The van der Waals surface area contributed by atoms with Crippen molar-refractivity contribution < 1.29 is 4.79 Å². The summed E-state index contributed by atoms with van der Waals surface area (Å²) in [6.45, 7) is 5.18. The van der Waals surface area contributed by atoms with Gasteiger partial charge in [-0.25, -0.2) is 0 Å². The predicted octanol–water partition coefficient (Wildman–Crippen LogP) is -0.338. The maximum atomic E-state index is 11.2. The van der Waals surface area contributed by atoms with E-state index in [1.54, 1.807) is 0 Å². The molecule has 0 spiro atoms. The van der Waals surface area contributed by atoms with E-state index in [0.717, 1.165) is 0 Å². The Kier molecular flexibility index (Phi) is 4.95. The lowest BCUT2D eigenvalue weighted by Crippen LogP contribution is -2.48. The fraction of sp³-hybridized carbons (Fsp3) is 0.889. The molecule has 0 atom stereocenters. The van der Waals surface area contributed by atoms with Crippen molar-refractivity contribution in [3.05, 3.63) is 0 Å². The van der Waals surface area contributed by atoms with E-state index in [4.69, 9.17) is 0 Å². The van der Waals surface area contributed by atoms with E-state index in [2.05, 4.69) is 10.6 Å². The summed E-state index contributed by atoms with van der Waals surface area (Å²) < 4.78 is 0. The topological polar surface area (TPSA) is 44.4 Å². The normalized spacial score (nSPS) is 11.8. The number of hydrogen-bond acceptors (Lipinski definition) is 3. The lowest BCUT2D eigenvalue weighted by molar-refractivity contribution is -0.121. The van der Waals surface area contributed by atoms with Gasteiger partial charge in [0.2, 0.25) is 5.91 Å². The Labute approximate surface area is 80.7 Å². The molecule has 1 amide bonds. The van der Waals surface area contributed by atoms with Gasteiger partial charge in [0.25, 0.3) is 0 Å². The molecule has 0 aliphatic rings. The van der Waals surface area contributed by atoms with Crippen LogP contribution in [0.2, 0.25) is 0 Å². The van der Waals surface area contributed by atoms with Crippen LogP contribution in [0.1, 0.15) is 13.8 Å². The van der Waals surface area contributed by atoms with Crippen molar-refractivity contribution in [2.45, 2.75) is 19.4 Å². The number of nitrogens with zero attached hydrogens (tertiary/aromatic N) is 1. The second-order valence-corrected chi connectivity index (χ2v) is 4.15. The molecule has 0 radical (unpaired) electrons. The molecule has 0 saturated carbocycles. The average Bonchev–Trinajstić information content (AvgIpc) is 2.00. The van der Waals surface area contributed by atoms with Crippen molar-refractivity contribution in [3.63, 3.8) is 0 Å². The van der Waals surface area contributed by atoms with Gasteiger partial charge in [-0.1, -0.05) is 0 Å². The average molecular weight is 187 g/mol. The molecule has 13 heavy (non-hydrogen) atoms. The molecule has 0 aromatic carbocycles. The summed E-state index contributed by atoms with van der Waals surface area (Å²) in [6, 6.07) is 0. The summed E-state index contributed by atoms with van der Waals surface area (Å²) >= 11 is 0. The predicted molar refractivity (Wildman–Crippen MR) is 54.7 cm³/mol. The van der Waals surface area contributed by atoms with Crippen molar-refractivity contribution in [2.24, 2.45) is 0 Å². The monoisotopic (exact) mass is 187 g/mol. The minimum atomic E-state index is -0.0397. The standard InChI is InChI=1S/C9H21N3O/c1-9(2,10-3)7-11-8(13)6-12(4)5/h10H,6-7H2,1-5H3,(H,11,13). The van der Waals surface area contributed by atoms with Crippen LogP contribution >= 0.6 is 0 Å². The van der Waals surface area contributed by atoms with E-state index < -0.39 is 0 Å². The third-order valence-electron chi connectivity index (χ3n) is 1.86. The SMILES string of the molecule is CNC(C)(C)CNC(=O)CN(C)C. The minimum absolute atomic E-state index is 0.0397. The van der Waals surface area contributed by atoms with E-state index in [-0.39, 0.29) is 11.4 Å². The summed E-state index contributed by atoms with van der Waals surface area (Å²) in [6.07, 6.45) is 0. The van der Waals surface area contributed by atoms with Gasteiger partial charge in [-0.2, -0.15) is 0 Å². The van der Waals surface area contributed by atoms with Crippen molar-refractivity contribution in [1.82, 2.24) is 15.5 Å². The van der Waals surface area contributed by atoms with Gasteiger partial charge < -0.3 is 15.5 Å². The summed E-state index contributed by atoms with van der Waals surface area (Å²) in [5.74, 6) is 0.0633. The van der Waals surface area contributed by atoms with Crippen LogP contribution in [-0.2, 0) is 4.79 Å². The number of amides is 1. The maximum absolute atomic E-state index is 11.2. The lowest BCUT2D eigenvalue weighted by Gasteiger charge is -2.24. The van der Waals surface area contributed by atoms with Crippen LogP contribution in [0.5, 0.6) is 0 Å². The number of carbonyl (C=O) groups excluding carboxylic acids is 1. The van der Waals surface area contributed by atoms with E-state index >= 15 is 0 Å². The van der Waals surface area contributed by atoms with E-state index in [1.165, 1.54) is 0 Å². The van der Waals surface area contributed by atoms with Gasteiger partial charge in [0, 0.05) is 12.1 Å². The van der Waals surface area contributed by atoms with Crippen LogP contribution in [0.4, 0.5) is 0 Å². The molecule has 0 fully saturated rings. The fourth-order valence-electron chi connectivity index (χ4n) is 0.751. The first kappa shape index (κ1) is 12.4. The van der Waals surface area contributed by atoms with E-state index in [9.17, 15) is 4.79 Å². The van der Waals surface area contributed by atoms with Crippen LogP contribution < -0.4 is 10.6 Å². The van der Waals surface area contributed by atoms with Crippen molar-refractivity contribution in [3.8, 4) is 0 Å². The maximum Gasteiger partial charge on any atom is 0.234 e. The highest BCUT2D eigenvalue weighted by Gasteiger charge is 2.15. The smallest absolute Gasteiger partial charge is 0.234 e. The molecule has 0 heterocycles. The third kappa shape index (κ3) is 6.54. The molecular formula is C9H21N3O. The summed E-state index contributed by atoms with van der Waals surface area (Å²) in [5, 5.41) is 5.98. The Morgan fingerprint density at radius 3 is 2.31 bits per heavy atom. The number of hydrogen-bond donors (Lipinski definition) is 2. The van der Waals surface area contributed by atoms with Gasteiger partial charge >= 0.3 is 0 Å². The number of rotatable bonds is 5. The van der Waals surface area contributed by atoms with Gasteiger partial charge in [0.05, 0.1) is 6.54 Å². The second kappa shape index (κ2) is 5.19. The molecule has 2 N–H and O–H groups in total. The van der Waals surface area contributed by atoms with Crippen molar-refractivity contribution in [1.29, 1.82) is 0 Å². The number of carbonyl (C=O) groups is 1. The van der Waals surface area contributed by atoms with Gasteiger partial charge in [-0.05, 0) is 35.0 Å². The third-order valence-corrected chi connectivity index (χ3v) is 1.86. The molecule has 0 aromatic heterocycles. The molecular weight excluding hydrogens is 166 g/mol. The van der Waals surface area contributed by atoms with Gasteiger partial charge in [-0.3, -0.25) is 4.79 Å². The zero-order valence-corrected chi connectivity index (χ0v) is 9.27. The summed E-state index contributed by atoms with van der Waals surface area (Å²) in [5.41, 5.74) is -0.0397. The lowest BCUT2D eigenvalue weighted by atomic mass is 10.1. The zero-order valence-electron chi connectivity index (χ0n) is 9.27. The van der Waals surface area contributed by atoms with Crippen molar-refractivity contribution in [2.75, 3.05) is 34.2 Å². The molecule has 4 nitrogen and oxygen atoms in total. The van der Waals surface area contributed by atoms with Crippen LogP contribution in [0, 0.1) is 0 Å². The van der Waals surface area contributed by atoms with Crippen LogP contribution in [0.3, 0.4) is 0 Å². The van der Waals surface area contributed by atoms with Crippen LogP contribution in [0.25, 0.3) is 0 Å². The number of likely N-dealkylation sites (N-methyl/N-ethyl adjacent to an activating group) is 2. The van der Waals surface area contributed by atoms with E-state index in [1.807, 2.05) is 39.9 Å². The largest absolute Gasteiger partial charge is 0.353 e. The highest BCUT2D eigenvalue weighted by atomic mass is 16.2. The molecule has 0 rings (SSSR count). The summed E-state index contributed by atoms with van der Waals surface area (Å²) in [7, 11) is 5.64. The highest BCUT2D eigenvalue weighted by Crippen LogP contribution is 1.97. The Hall–Kier alpha value is -0.610. The number of nitrogens with one attached hydrogen (secondary N) is 2. The molecule has 0 bridgehead atoms. The molecule has 0 aliphatic carbocycles. The molecule has 0 aliphatic heterocycles. The first-order valence-electron chi connectivity index (χ1n) is 4.48. The van der Waals surface area contributed by atoms with Crippen LogP contribution in [-0.4, -0.2) is 50.6 Å². The van der Waals surface area contributed by atoms with Gasteiger partial charge in [-0.15, -0.1) is 0 Å². The van der Waals surface area contributed by atoms with Crippen LogP contribution in [0.15, 0.2) is 0 Å². The molecule has 4 heteroatoms. The Balaban J connectivity index is 3.70. The first-order valence-corrected chi connectivity index (χ1v) is 4.48. The molecule has 0 aromatic rings. The minimum Gasteiger partial charge on any atom is -0.353 e. The Morgan fingerprint density at radius 1 is 1.38 bits per heavy atom. The second-order valence-electron chi connectivity index (χ2n) is 4.15. The first-order chi connectivity index (χ1) is 5.87. The van der Waals surface area contributed by atoms with E-state index in [0.29, 0.717) is 13.1 Å². The Morgan fingerprint density at radius 2 is 1.92 bits per heavy atom. The fourth-order valence-corrected chi connectivity index (χ4v) is 0.751. The molecule has 0 unspecified atom stereocenters. The Bertz CT molecular complexity index is 166. The summed E-state index contributed by atoms with van der Waals surface area (Å²) in [4.78, 5) is 13.1. The zero-order chi connectivity index (χ0) is 10.5. The molecule has 0 saturated heterocycles.